The van der Waals surface area contributed by atoms with E-state index in [2.05, 4.69) is 15.5 Å². The van der Waals surface area contributed by atoms with Crippen molar-refractivity contribution in [1.82, 2.24) is 20.1 Å². The van der Waals surface area contributed by atoms with Crippen LogP contribution in [0.4, 0.5) is 0 Å². The Balaban J connectivity index is 2.00. The Hall–Kier alpha value is -1.24. The van der Waals surface area contributed by atoms with Gasteiger partial charge in [0.25, 0.3) is 0 Å². The molecule has 0 saturated carbocycles. The average molecular weight is 359 g/mol. The quantitative estimate of drug-likeness (QED) is 0.831. The number of carbonyl (C=O) groups excluding carboxylic acids is 1. The van der Waals surface area contributed by atoms with Crippen LogP contribution < -0.4 is 5.32 Å². The molecule has 1 aromatic heterocycles. The molecular formula is C14H16Cl2N4OS. The van der Waals surface area contributed by atoms with E-state index in [1.54, 1.807) is 23.0 Å². The summed E-state index contributed by atoms with van der Waals surface area (Å²) in [7, 11) is 1.84. The molecule has 1 heterocycles. The molecular weight excluding hydrogens is 343 g/mol. The third-order valence-electron chi connectivity index (χ3n) is 3.11. The molecule has 0 fully saturated rings. The predicted octanol–water partition coefficient (Wildman–Crippen LogP) is 3.48. The molecule has 2 atom stereocenters. The topological polar surface area (TPSA) is 59.8 Å². The fourth-order valence-electron chi connectivity index (χ4n) is 1.85. The second-order valence-electron chi connectivity index (χ2n) is 4.88. The molecule has 1 amide bonds. The summed E-state index contributed by atoms with van der Waals surface area (Å²) in [6, 6.07) is 5.03. The lowest BCUT2D eigenvalue weighted by atomic mass is 10.1. The van der Waals surface area contributed by atoms with Crippen molar-refractivity contribution in [1.29, 1.82) is 0 Å². The number of nitrogens with one attached hydrogen (secondary N) is 1. The maximum Gasteiger partial charge on any atom is 0.233 e. The van der Waals surface area contributed by atoms with Crippen molar-refractivity contribution in [3.05, 3.63) is 40.1 Å². The van der Waals surface area contributed by atoms with Gasteiger partial charge in [-0.2, -0.15) is 0 Å². The molecule has 2 rings (SSSR count). The van der Waals surface area contributed by atoms with Crippen LogP contribution in [0.25, 0.3) is 0 Å². The highest BCUT2D eigenvalue weighted by atomic mass is 35.5. The van der Waals surface area contributed by atoms with E-state index >= 15 is 0 Å². The molecule has 0 saturated heterocycles. The van der Waals surface area contributed by atoms with Gasteiger partial charge in [-0.25, -0.2) is 0 Å². The Morgan fingerprint density at radius 2 is 2.09 bits per heavy atom. The number of hydrogen-bond acceptors (Lipinski definition) is 4. The van der Waals surface area contributed by atoms with Crippen LogP contribution in [0.15, 0.2) is 29.7 Å². The van der Waals surface area contributed by atoms with Crippen molar-refractivity contribution in [2.75, 3.05) is 0 Å². The van der Waals surface area contributed by atoms with Gasteiger partial charge in [-0.05, 0) is 31.5 Å². The molecule has 5 nitrogen and oxygen atoms in total. The van der Waals surface area contributed by atoms with Gasteiger partial charge in [0, 0.05) is 17.1 Å². The van der Waals surface area contributed by atoms with Gasteiger partial charge in [-0.3, -0.25) is 4.79 Å². The van der Waals surface area contributed by atoms with Crippen molar-refractivity contribution >= 4 is 40.9 Å². The summed E-state index contributed by atoms with van der Waals surface area (Å²) < 4.78 is 1.77. The molecule has 22 heavy (non-hydrogen) atoms. The Kier molecular flexibility index (Phi) is 5.72. The van der Waals surface area contributed by atoms with E-state index in [0.717, 1.165) is 5.56 Å². The van der Waals surface area contributed by atoms with Gasteiger partial charge >= 0.3 is 0 Å². The highest BCUT2D eigenvalue weighted by molar-refractivity contribution is 8.00. The van der Waals surface area contributed by atoms with Gasteiger partial charge in [0.05, 0.1) is 11.3 Å². The predicted molar refractivity (Wildman–Crippen MR) is 89.3 cm³/mol. The summed E-state index contributed by atoms with van der Waals surface area (Å²) in [6.07, 6.45) is 1.60. The van der Waals surface area contributed by atoms with Crippen molar-refractivity contribution in [3.63, 3.8) is 0 Å². The van der Waals surface area contributed by atoms with E-state index in [0.29, 0.717) is 15.2 Å². The number of amides is 1. The Morgan fingerprint density at radius 3 is 2.68 bits per heavy atom. The SMILES string of the molecule is C[C@H](NC(=O)[C@@H](C)Sc1nncn1C)c1ccc(Cl)cc1Cl. The van der Waals surface area contributed by atoms with Gasteiger partial charge in [-0.1, -0.05) is 41.0 Å². The second-order valence-corrected chi connectivity index (χ2v) is 7.03. The van der Waals surface area contributed by atoms with Gasteiger partial charge in [0.15, 0.2) is 5.16 Å². The Labute approximate surface area is 143 Å². The van der Waals surface area contributed by atoms with E-state index in [-0.39, 0.29) is 17.2 Å². The number of carbonyl (C=O) groups is 1. The number of benzene rings is 1. The minimum Gasteiger partial charge on any atom is -0.349 e. The highest BCUT2D eigenvalue weighted by Crippen LogP contribution is 2.27. The first-order chi connectivity index (χ1) is 10.4. The van der Waals surface area contributed by atoms with Crippen LogP contribution in [-0.2, 0) is 11.8 Å². The van der Waals surface area contributed by atoms with E-state index in [1.165, 1.54) is 11.8 Å². The van der Waals surface area contributed by atoms with Crippen LogP contribution in [-0.4, -0.2) is 25.9 Å². The molecule has 118 valence electrons. The van der Waals surface area contributed by atoms with Crippen molar-refractivity contribution in [2.24, 2.45) is 7.05 Å². The number of hydrogen-bond donors (Lipinski definition) is 1. The van der Waals surface area contributed by atoms with E-state index in [1.807, 2.05) is 27.0 Å². The monoisotopic (exact) mass is 358 g/mol. The van der Waals surface area contributed by atoms with E-state index in [9.17, 15) is 4.79 Å². The fourth-order valence-corrected chi connectivity index (χ4v) is 3.22. The molecule has 0 unspecified atom stereocenters. The first kappa shape index (κ1) is 17.1. The fraction of sp³-hybridized carbons (Fsp3) is 0.357. The van der Waals surface area contributed by atoms with E-state index in [4.69, 9.17) is 23.2 Å². The smallest absolute Gasteiger partial charge is 0.233 e. The maximum absolute atomic E-state index is 12.3. The lowest BCUT2D eigenvalue weighted by Crippen LogP contribution is -2.33. The Bertz CT molecular complexity index is 677. The first-order valence-electron chi connectivity index (χ1n) is 6.64. The van der Waals surface area contributed by atoms with Crippen LogP contribution in [0.2, 0.25) is 10.0 Å². The maximum atomic E-state index is 12.3. The molecule has 1 aromatic carbocycles. The Morgan fingerprint density at radius 1 is 1.36 bits per heavy atom. The molecule has 0 aliphatic rings. The molecule has 0 aliphatic heterocycles. The standard InChI is InChI=1S/C14H16Cl2N4OS/c1-8(11-5-4-10(15)6-12(11)16)18-13(21)9(2)22-14-19-17-7-20(14)3/h4-9H,1-3H3,(H,18,21)/t8-,9+/m0/s1. The summed E-state index contributed by atoms with van der Waals surface area (Å²) in [5.74, 6) is -0.0912. The zero-order chi connectivity index (χ0) is 16.3. The number of thioether (sulfide) groups is 1. The van der Waals surface area contributed by atoms with Crippen molar-refractivity contribution < 1.29 is 4.79 Å². The third kappa shape index (κ3) is 4.15. The van der Waals surface area contributed by atoms with Gasteiger partial charge < -0.3 is 9.88 Å². The minimum absolute atomic E-state index is 0.0912. The van der Waals surface area contributed by atoms with Crippen LogP contribution in [0.1, 0.15) is 25.5 Å². The van der Waals surface area contributed by atoms with Gasteiger partial charge in [0.1, 0.15) is 6.33 Å². The number of nitrogens with zero attached hydrogens (tertiary/aromatic N) is 3. The first-order valence-corrected chi connectivity index (χ1v) is 8.28. The van der Waals surface area contributed by atoms with Crippen LogP contribution in [0.5, 0.6) is 0 Å². The zero-order valence-corrected chi connectivity index (χ0v) is 14.7. The van der Waals surface area contributed by atoms with Crippen LogP contribution in [0.3, 0.4) is 0 Å². The average Bonchev–Trinajstić information content (AvgIpc) is 2.83. The third-order valence-corrected chi connectivity index (χ3v) is 4.82. The molecule has 1 N–H and O–H groups in total. The zero-order valence-electron chi connectivity index (χ0n) is 12.4. The summed E-state index contributed by atoms with van der Waals surface area (Å²) >= 11 is 13.4. The number of rotatable bonds is 5. The minimum atomic E-state index is -0.295. The summed E-state index contributed by atoms with van der Waals surface area (Å²) in [5, 5.41) is 12.2. The highest BCUT2D eigenvalue weighted by Gasteiger charge is 2.20. The second kappa shape index (κ2) is 7.35. The van der Waals surface area contributed by atoms with E-state index < -0.39 is 0 Å². The number of aromatic nitrogens is 3. The largest absolute Gasteiger partial charge is 0.349 e. The summed E-state index contributed by atoms with van der Waals surface area (Å²) in [5.41, 5.74) is 0.829. The number of halogens is 2. The van der Waals surface area contributed by atoms with Crippen LogP contribution >= 0.6 is 35.0 Å². The van der Waals surface area contributed by atoms with Gasteiger partial charge in [-0.15, -0.1) is 10.2 Å². The normalized spacial score (nSPS) is 13.7. The number of aryl methyl sites for hydroxylation is 1. The van der Waals surface area contributed by atoms with Crippen molar-refractivity contribution in [2.45, 2.75) is 30.3 Å². The summed E-state index contributed by atoms with van der Waals surface area (Å²) in [6.45, 7) is 3.71. The summed E-state index contributed by atoms with van der Waals surface area (Å²) in [4.78, 5) is 12.3. The lowest BCUT2D eigenvalue weighted by Gasteiger charge is -2.18. The lowest BCUT2D eigenvalue weighted by molar-refractivity contribution is -0.120. The molecule has 0 radical (unpaired) electrons. The molecule has 8 heteroatoms. The molecule has 0 aliphatic carbocycles. The molecule has 0 bridgehead atoms. The molecule has 0 spiro atoms. The van der Waals surface area contributed by atoms with Crippen LogP contribution in [0, 0.1) is 0 Å². The van der Waals surface area contributed by atoms with Crippen molar-refractivity contribution in [3.8, 4) is 0 Å². The molecule has 2 aromatic rings. The van der Waals surface area contributed by atoms with Gasteiger partial charge in [0.2, 0.25) is 5.91 Å².